The molecule has 0 unspecified atom stereocenters. The number of hydrogen-bond acceptors (Lipinski definition) is 3. The lowest BCUT2D eigenvalue weighted by atomic mass is 10.1. The monoisotopic (exact) mass is 354 g/mol. The molecule has 0 bridgehead atoms. The number of amides is 1. The van der Waals surface area contributed by atoms with Gasteiger partial charge in [-0.15, -0.1) is 0 Å². The molecule has 2 heterocycles. The van der Waals surface area contributed by atoms with Crippen LogP contribution in [0.2, 0.25) is 5.02 Å². The minimum Gasteiger partial charge on any atom is -0.349 e. The van der Waals surface area contributed by atoms with Gasteiger partial charge in [0.2, 0.25) is 0 Å². The average Bonchev–Trinajstić information content (AvgIpc) is 3.34. The van der Waals surface area contributed by atoms with Gasteiger partial charge in [0.15, 0.2) is 5.65 Å². The molecule has 1 amide bonds. The Kier molecular flexibility index (Phi) is 3.96. The van der Waals surface area contributed by atoms with Crippen molar-refractivity contribution in [3.63, 3.8) is 0 Å². The largest absolute Gasteiger partial charge is 0.349 e. The molecular weight excluding hydrogens is 336 g/mol. The number of nitrogens with zero attached hydrogens (tertiary/aromatic N) is 3. The number of hydrogen-bond donors (Lipinski definition) is 1. The quantitative estimate of drug-likeness (QED) is 0.773. The van der Waals surface area contributed by atoms with Crippen LogP contribution in [-0.4, -0.2) is 26.5 Å². The maximum Gasteiger partial charge on any atom is 0.256 e. The molecule has 0 radical (unpaired) electrons. The molecular formula is C19H19ClN4O. The first-order valence-electron chi connectivity index (χ1n) is 8.45. The molecule has 1 fully saturated rings. The molecule has 1 N–H and O–H groups in total. The predicted octanol–water partition coefficient (Wildman–Crippen LogP) is 3.89. The van der Waals surface area contributed by atoms with E-state index in [0.29, 0.717) is 22.2 Å². The van der Waals surface area contributed by atoms with Crippen LogP contribution in [0.15, 0.2) is 36.5 Å². The number of rotatable bonds is 4. The number of fused-ring (bicyclic) bond motifs is 1. The number of carbonyl (C=O) groups excluding carboxylic acids is 1. The van der Waals surface area contributed by atoms with Gasteiger partial charge >= 0.3 is 0 Å². The second-order valence-electron chi connectivity index (χ2n) is 6.69. The maximum absolute atomic E-state index is 12.7. The van der Waals surface area contributed by atoms with E-state index in [0.717, 1.165) is 17.0 Å². The van der Waals surface area contributed by atoms with Crippen LogP contribution >= 0.6 is 11.6 Å². The molecule has 6 heteroatoms. The van der Waals surface area contributed by atoms with Crippen molar-refractivity contribution < 1.29 is 4.79 Å². The molecule has 3 aromatic rings. The number of aromatic nitrogens is 3. The van der Waals surface area contributed by atoms with Gasteiger partial charge in [0.05, 0.1) is 11.9 Å². The van der Waals surface area contributed by atoms with Crippen LogP contribution in [0, 0.1) is 12.8 Å². The molecule has 1 aliphatic carbocycles. The fourth-order valence-electron chi connectivity index (χ4n) is 3.07. The Hall–Kier alpha value is -2.40. The summed E-state index contributed by atoms with van der Waals surface area (Å²) < 4.78 is 1.70. The summed E-state index contributed by atoms with van der Waals surface area (Å²) in [6.45, 7) is 4.00. The van der Waals surface area contributed by atoms with E-state index < -0.39 is 0 Å². The third kappa shape index (κ3) is 3.12. The van der Waals surface area contributed by atoms with Crippen molar-refractivity contribution in [3.05, 3.63) is 52.8 Å². The van der Waals surface area contributed by atoms with Gasteiger partial charge in [0, 0.05) is 22.3 Å². The Balaban J connectivity index is 1.74. The number of nitrogens with one attached hydrogen (secondary N) is 1. The van der Waals surface area contributed by atoms with Crippen molar-refractivity contribution in [2.75, 3.05) is 0 Å². The fraction of sp³-hybridized carbons (Fsp3) is 0.316. The van der Waals surface area contributed by atoms with Crippen LogP contribution in [0.1, 0.15) is 35.8 Å². The first-order valence-corrected chi connectivity index (χ1v) is 8.83. The van der Waals surface area contributed by atoms with E-state index in [1.54, 1.807) is 10.7 Å². The molecule has 1 atom stereocenters. The Morgan fingerprint density at radius 1 is 1.36 bits per heavy atom. The highest BCUT2D eigenvalue weighted by Crippen LogP contribution is 2.32. The second-order valence-corrected chi connectivity index (χ2v) is 7.12. The van der Waals surface area contributed by atoms with Crippen molar-refractivity contribution >= 4 is 23.2 Å². The summed E-state index contributed by atoms with van der Waals surface area (Å²) in [5.41, 5.74) is 3.67. The lowest BCUT2D eigenvalue weighted by Crippen LogP contribution is -2.34. The van der Waals surface area contributed by atoms with Gasteiger partial charge in [-0.3, -0.25) is 4.79 Å². The van der Waals surface area contributed by atoms with Crippen LogP contribution in [0.4, 0.5) is 0 Å². The van der Waals surface area contributed by atoms with E-state index in [1.807, 2.05) is 37.3 Å². The average molecular weight is 355 g/mol. The molecule has 1 saturated carbocycles. The summed E-state index contributed by atoms with van der Waals surface area (Å²) in [6, 6.07) is 9.66. The van der Waals surface area contributed by atoms with Crippen LogP contribution in [0.3, 0.4) is 0 Å². The summed E-state index contributed by atoms with van der Waals surface area (Å²) in [6.07, 6.45) is 3.96. The minimum atomic E-state index is -0.121. The smallest absolute Gasteiger partial charge is 0.256 e. The minimum absolute atomic E-state index is 0.121. The van der Waals surface area contributed by atoms with Crippen molar-refractivity contribution in [1.82, 2.24) is 19.9 Å². The van der Waals surface area contributed by atoms with E-state index in [2.05, 4.69) is 22.3 Å². The van der Waals surface area contributed by atoms with Crippen molar-refractivity contribution in [1.29, 1.82) is 0 Å². The molecule has 2 aromatic heterocycles. The van der Waals surface area contributed by atoms with Gasteiger partial charge in [-0.2, -0.15) is 5.10 Å². The number of carbonyl (C=O) groups is 1. The Morgan fingerprint density at radius 2 is 2.16 bits per heavy atom. The molecule has 0 spiro atoms. The van der Waals surface area contributed by atoms with Gasteiger partial charge in [0.1, 0.15) is 5.56 Å². The first kappa shape index (κ1) is 16.1. The summed E-state index contributed by atoms with van der Waals surface area (Å²) >= 11 is 6.10. The van der Waals surface area contributed by atoms with Crippen LogP contribution < -0.4 is 5.32 Å². The van der Waals surface area contributed by atoms with E-state index in [1.165, 1.54) is 12.8 Å². The summed E-state index contributed by atoms with van der Waals surface area (Å²) in [4.78, 5) is 17.3. The molecule has 0 aliphatic heterocycles. The Labute approximate surface area is 151 Å². The second kappa shape index (κ2) is 6.15. The SMILES string of the molecule is Cc1cc(-c2cccc(Cl)c2)nc2c(C(=O)N[C@H](C)C3CC3)cnn12. The van der Waals surface area contributed by atoms with E-state index in [9.17, 15) is 4.79 Å². The highest BCUT2D eigenvalue weighted by molar-refractivity contribution is 6.30. The number of benzene rings is 1. The normalized spacial score (nSPS) is 15.3. The zero-order valence-electron chi connectivity index (χ0n) is 14.2. The highest BCUT2D eigenvalue weighted by atomic mass is 35.5. The van der Waals surface area contributed by atoms with Crippen molar-refractivity contribution in [3.8, 4) is 11.3 Å². The third-order valence-electron chi connectivity index (χ3n) is 4.70. The summed E-state index contributed by atoms with van der Waals surface area (Å²) in [5, 5.41) is 8.05. The highest BCUT2D eigenvalue weighted by Gasteiger charge is 2.29. The topological polar surface area (TPSA) is 59.3 Å². The number of aryl methyl sites for hydroxylation is 1. The number of halogens is 1. The molecule has 0 saturated heterocycles. The Morgan fingerprint density at radius 3 is 2.88 bits per heavy atom. The van der Waals surface area contributed by atoms with Gasteiger partial charge in [0.25, 0.3) is 5.91 Å². The maximum atomic E-state index is 12.7. The lowest BCUT2D eigenvalue weighted by Gasteiger charge is -2.12. The van der Waals surface area contributed by atoms with E-state index in [4.69, 9.17) is 11.6 Å². The molecule has 1 aliphatic rings. The molecule has 4 rings (SSSR count). The third-order valence-corrected chi connectivity index (χ3v) is 4.94. The summed E-state index contributed by atoms with van der Waals surface area (Å²) in [5.74, 6) is 0.479. The molecule has 1 aromatic carbocycles. The molecule has 5 nitrogen and oxygen atoms in total. The molecule has 128 valence electrons. The van der Waals surface area contributed by atoms with E-state index in [-0.39, 0.29) is 11.9 Å². The lowest BCUT2D eigenvalue weighted by molar-refractivity contribution is 0.0937. The van der Waals surface area contributed by atoms with E-state index >= 15 is 0 Å². The first-order chi connectivity index (χ1) is 12.0. The predicted molar refractivity (Wildman–Crippen MR) is 97.8 cm³/mol. The summed E-state index contributed by atoms with van der Waals surface area (Å²) in [7, 11) is 0. The van der Waals surface area contributed by atoms with Gasteiger partial charge in [-0.1, -0.05) is 23.7 Å². The zero-order chi connectivity index (χ0) is 17.6. The van der Waals surface area contributed by atoms with Crippen LogP contribution in [-0.2, 0) is 0 Å². The van der Waals surface area contributed by atoms with Crippen LogP contribution in [0.25, 0.3) is 16.9 Å². The molecule has 25 heavy (non-hydrogen) atoms. The van der Waals surface area contributed by atoms with Gasteiger partial charge in [-0.25, -0.2) is 9.50 Å². The standard InChI is InChI=1S/C19H19ClN4O/c1-11-8-17(14-4-3-5-15(20)9-14)23-18-16(10-21-24(11)18)19(25)22-12(2)13-6-7-13/h3-5,8-10,12-13H,6-7H2,1-2H3,(H,22,25)/t12-/m1/s1. The van der Waals surface area contributed by atoms with Crippen molar-refractivity contribution in [2.24, 2.45) is 5.92 Å². The van der Waals surface area contributed by atoms with Crippen LogP contribution in [0.5, 0.6) is 0 Å². The fourth-order valence-corrected chi connectivity index (χ4v) is 3.26. The van der Waals surface area contributed by atoms with Gasteiger partial charge < -0.3 is 5.32 Å². The zero-order valence-corrected chi connectivity index (χ0v) is 14.9. The van der Waals surface area contributed by atoms with Crippen molar-refractivity contribution in [2.45, 2.75) is 32.7 Å². The Bertz CT molecular complexity index is 961. The van der Waals surface area contributed by atoms with Gasteiger partial charge in [-0.05, 0) is 50.8 Å².